The van der Waals surface area contributed by atoms with Gasteiger partial charge >= 0.3 is 0 Å². The van der Waals surface area contributed by atoms with Crippen molar-refractivity contribution in [2.75, 3.05) is 14.1 Å². The number of phenols is 1. The second kappa shape index (κ2) is 7.25. The molecule has 2 aromatic carbocycles. The Hall–Kier alpha value is -1.84. The molecule has 0 heterocycles. The van der Waals surface area contributed by atoms with Gasteiger partial charge in [0.15, 0.2) is 0 Å². The largest absolute Gasteiger partial charge is 0.507 e. The summed E-state index contributed by atoms with van der Waals surface area (Å²) in [6, 6.07) is 13.2. The maximum Gasteiger partial charge on any atom is 0.124 e. The van der Waals surface area contributed by atoms with Crippen LogP contribution in [0.15, 0.2) is 47.5 Å². The smallest absolute Gasteiger partial charge is 0.124 e. The summed E-state index contributed by atoms with van der Waals surface area (Å²) in [7, 11) is 4.26. The molecule has 0 aliphatic rings. The van der Waals surface area contributed by atoms with Crippen molar-refractivity contribution in [1.82, 2.24) is 0 Å². The Bertz CT molecular complexity index is 638. The van der Waals surface area contributed by atoms with E-state index in [1.807, 2.05) is 12.1 Å². The van der Waals surface area contributed by atoms with E-state index in [0.29, 0.717) is 17.1 Å². The van der Waals surface area contributed by atoms with Crippen molar-refractivity contribution in [2.45, 2.75) is 13.1 Å². The van der Waals surface area contributed by atoms with Crippen LogP contribution in [0.5, 0.6) is 5.75 Å². The number of rotatable bonds is 5. The molecule has 2 rings (SSSR count). The van der Waals surface area contributed by atoms with E-state index >= 15 is 0 Å². The lowest BCUT2D eigenvalue weighted by molar-refractivity contribution is -0.872. The van der Waals surface area contributed by atoms with E-state index in [1.165, 1.54) is 16.0 Å². The minimum Gasteiger partial charge on any atom is -0.507 e. The highest BCUT2D eigenvalue weighted by Crippen LogP contribution is 2.20. The standard InChI is InChI=1S/C17H19ClN2O/c1-20(2)12-14-6-4-3-5-13(14)10-19-11-15-9-16(18)7-8-17(15)21/h3-9,11,21H,10,12H2,1-2H3/p+1. The molecule has 110 valence electrons. The number of phenolic OH excluding ortho intramolecular Hbond substituents is 1. The van der Waals surface area contributed by atoms with Crippen molar-refractivity contribution in [3.05, 3.63) is 64.2 Å². The summed E-state index contributed by atoms with van der Waals surface area (Å²) in [6.45, 7) is 1.56. The highest BCUT2D eigenvalue weighted by atomic mass is 35.5. The van der Waals surface area contributed by atoms with Gasteiger partial charge in [0.25, 0.3) is 0 Å². The fourth-order valence-electron chi connectivity index (χ4n) is 2.14. The minimum absolute atomic E-state index is 0.189. The van der Waals surface area contributed by atoms with Gasteiger partial charge < -0.3 is 10.0 Å². The number of quaternary nitrogens is 1. The highest BCUT2D eigenvalue weighted by Gasteiger charge is 2.04. The van der Waals surface area contributed by atoms with Gasteiger partial charge in [0.05, 0.1) is 20.6 Å². The SMILES string of the molecule is C[NH+](C)Cc1ccccc1CN=Cc1cc(Cl)ccc1O. The average molecular weight is 304 g/mol. The van der Waals surface area contributed by atoms with E-state index < -0.39 is 0 Å². The molecule has 3 nitrogen and oxygen atoms in total. The summed E-state index contributed by atoms with van der Waals surface area (Å²) in [6.07, 6.45) is 1.67. The zero-order valence-corrected chi connectivity index (χ0v) is 13.1. The van der Waals surface area contributed by atoms with Crippen molar-refractivity contribution in [2.24, 2.45) is 4.99 Å². The molecule has 0 fully saturated rings. The first kappa shape index (κ1) is 15.5. The minimum atomic E-state index is 0.189. The van der Waals surface area contributed by atoms with Crippen LogP contribution < -0.4 is 4.90 Å². The Labute approximate surface area is 130 Å². The van der Waals surface area contributed by atoms with E-state index in [0.717, 1.165) is 6.54 Å². The maximum absolute atomic E-state index is 9.75. The molecule has 0 bridgehead atoms. The molecule has 0 amide bonds. The zero-order chi connectivity index (χ0) is 15.2. The number of aliphatic imine (C=N–C) groups is 1. The lowest BCUT2D eigenvalue weighted by Crippen LogP contribution is -3.04. The van der Waals surface area contributed by atoms with Crippen LogP contribution in [0.4, 0.5) is 0 Å². The Morgan fingerprint density at radius 2 is 1.86 bits per heavy atom. The van der Waals surface area contributed by atoms with Crippen molar-refractivity contribution in [3.8, 4) is 5.75 Å². The van der Waals surface area contributed by atoms with Crippen LogP contribution in [0.1, 0.15) is 16.7 Å². The first-order valence-corrected chi connectivity index (χ1v) is 7.28. The van der Waals surface area contributed by atoms with Gasteiger partial charge in [-0.3, -0.25) is 4.99 Å². The van der Waals surface area contributed by atoms with Crippen LogP contribution in [0.25, 0.3) is 0 Å². The second-order valence-electron chi connectivity index (χ2n) is 5.33. The predicted molar refractivity (Wildman–Crippen MR) is 87.4 cm³/mol. The highest BCUT2D eigenvalue weighted by molar-refractivity contribution is 6.30. The molecule has 0 aliphatic carbocycles. The van der Waals surface area contributed by atoms with Crippen molar-refractivity contribution in [1.29, 1.82) is 0 Å². The molecule has 21 heavy (non-hydrogen) atoms. The van der Waals surface area contributed by atoms with Crippen LogP contribution in [-0.4, -0.2) is 25.4 Å². The zero-order valence-electron chi connectivity index (χ0n) is 12.3. The fourth-order valence-corrected chi connectivity index (χ4v) is 2.32. The second-order valence-corrected chi connectivity index (χ2v) is 5.76. The molecule has 0 spiro atoms. The van der Waals surface area contributed by atoms with Gasteiger partial charge in [-0.15, -0.1) is 0 Å². The van der Waals surface area contributed by atoms with Gasteiger partial charge in [-0.25, -0.2) is 0 Å². The van der Waals surface area contributed by atoms with Crippen molar-refractivity contribution >= 4 is 17.8 Å². The molecule has 0 unspecified atom stereocenters. The summed E-state index contributed by atoms with van der Waals surface area (Å²) < 4.78 is 0. The van der Waals surface area contributed by atoms with Gasteiger partial charge in [0, 0.05) is 22.4 Å². The molecule has 2 aromatic rings. The van der Waals surface area contributed by atoms with E-state index in [4.69, 9.17) is 11.6 Å². The lowest BCUT2D eigenvalue weighted by Gasteiger charge is -2.10. The number of benzene rings is 2. The summed E-state index contributed by atoms with van der Waals surface area (Å²) in [5.74, 6) is 0.189. The number of nitrogens with one attached hydrogen (secondary N) is 1. The first-order valence-electron chi connectivity index (χ1n) is 6.90. The van der Waals surface area contributed by atoms with Crippen LogP contribution in [0, 0.1) is 0 Å². The number of hydrogen-bond acceptors (Lipinski definition) is 2. The Morgan fingerprint density at radius 3 is 2.57 bits per heavy atom. The molecular weight excluding hydrogens is 284 g/mol. The first-order chi connectivity index (χ1) is 10.1. The van der Waals surface area contributed by atoms with Gasteiger partial charge in [-0.1, -0.05) is 35.9 Å². The fraction of sp³-hybridized carbons (Fsp3) is 0.235. The maximum atomic E-state index is 9.75. The number of aromatic hydroxyl groups is 1. The molecule has 2 N–H and O–H groups in total. The molecule has 0 saturated carbocycles. The van der Waals surface area contributed by atoms with Crippen LogP contribution in [0.3, 0.4) is 0 Å². The van der Waals surface area contributed by atoms with Gasteiger partial charge in [-0.2, -0.15) is 0 Å². The molecule has 0 saturated heterocycles. The summed E-state index contributed by atoms with van der Waals surface area (Å²) in [4.78, 5) is 5.80. The third kappa shape index (κ3) is 4.59. The van der Waals surface area contributed by atoms with Gasteiger partial charge in [0.1, 0.15) is 12.3 Å². The molecular formula is C17H20ClN2O+. The van der Waals surface area contributed by atoms with E-state index in [9.17, 15) is 5.11 Å². The average Bonchev–Trinajstić information content (AvgIpc) is 2.44. The van der Waals surface area contributed by atoms with E-state index in [1.54, 1.807) is 24.4 Å². The molecule has 0 atom stereocenters. The third-order valence-electron chi connectivity index (χ3n) is 3.14. The lowest BCUT2D eigenvalue weighted by atomic mass is 10.1. The van der Waals surface area contributed by atoms with Crippen LogP contribution in [0.2, 0.25) is 5.02 Å². The van der Waals surface area contributed by atoms with Gasteiger partial charge in [0.2, 0.25) is 0 Å². The monoisotopic (exact) mass is 303 g/mol. The van der Waals surface area contributed by atoms with Crippen LogP contribution in [-0.2, 0) is 13.1 Å². The third-order valence-corrected chi connectivity index (χ3v) is 3.38. The molecule has 4 heteroatoms. The molecule has 0 aromatic heterocycles. The van der Waals surface area contributed by atoms with Crippen LogP contribution >= 0.6 is 11.6 Å². The Kier molecular flexibility index (Phi) is 5.37. The molecule has 0 radical (unpaired) electrons. The number of halogens is 1. The predicted octanol–water partition coefficient (Wildman–Crippen LogP) is 2.31. The van der Waals surface area contributed by atoms with E-state index in [-0.39, 0.29) is 5.75 Å². The van der Waals surface area contributed by atoms with Gasteiger partial charge in [-0.05, 0) is 23.8 Å². The van der Waals surface area contributed by atoms with Crippen molar-refractivity contribution in [3.63, 3.8) is 0 Å². The summed E-state index contributed by atoms with van der Waals surface area (Å²) >= 11 is 5.92. The summed E-state index contributed by atoms with van der Waals surface area (Å²) in [5.41, 5.74) is 3.14. The normalized spacial score (nSPS) is 11.4. The Morgan fingerprint density at radius 1 is 1.14 bits per heavy atom. The number of nitrogens with zero attached hydrogens (tertiary/aromatic N) is 1. The van der Waals surface area contributed by atoms with Crippen molar-refractivity contribution < 1.29 is 10.0 Å². The Balaban J connectivity index is 2.12. The molecule has 0 aliphatic heterocycles. The quantitative estimate of drug-likeness (QED) is 0.817. The number of hydrogen-bond donors (Lipinski definition) is 2. The topological polar surface area (TPSA) is 37.0 Å². The summed E-state index contributed by atoms with van der Waals surface area (Å²) in [5, 5.41) is 10.3. The van der Waals surface area contributed by atoms with E-state index in [2.05, 4.69) is 31.2 Å².